The van der Waals surface area contributed by atoms with Gasteiger partial charge in [-0.3, -0.25) is 4.79 Å². The van der Waals surface area contributed by atoms with Crippen LogP contribution in [0.5, 0.6) is 5.75 Å². The summed E-state index contributed by atoms with van der Waals surface area (Å²) in [5, 5.41) is 0. The first-order valence-corrected chi connectivity index (χ1v) is 6.48. The van der Waals surface area contributed by atoms with Gasteiger partial charge in [0.2, 0.25) is 0 Å². The van der Waals surface area contributed by atoms with E-state index in [0.29, 0.717) is 37.6 Å². The molecule has 0 aromatic heterocycles. The Kier molecular flexibility index (Phi) is 6.78. The van der Waals surface area contributed by atoms with Gasteiger partial charge in [-0.05, 0) is 18.6 Å². The highest BCUT2D eigenvalue weighted by molar-refractivity contribution is 5.97. The molecule has 1 fully saturated rings. The quantitative estimate of drug-likeness (QED) is 0.833. The molecule has 1 aromatic carbocycles. The van der Waals surface area contributed by atoms with Crippen LogP contribution in [0.4, 0.5) is 0 Å². The third-order valence-corrected chi connectivity index (χ3v) is 3.17. The minimum atomic E-state index is -0.0130. The van der Waals surface area contributed by atoms with E-state index in [2.05, 4.69) is 0 Å². The van der Waals surface area contributed by atoms with Crippen LogP contribution in [0.3, 0.4) is 0 Å². The lowest BCUT2D eigenvalue weighted by molar-refractivity contribution is 0.0783. The van der Waals surface area contributed by atoms with Crippen molar-refractivity contribution in [2.24, 2.45) is 5.73 Å². The summed E-state index contributed by atoms with van der Waals surface area (Å²) in [5.74, 6) is 0.589. The van der Waals surface area contributed by atoms with E-state index in [9.17, 15) is 4.79 Å². The number of hydrogen-bond acceptors (Lipinski definition) is 4. The number of halogens is 1. The zero-order valence-corrected chi connectivity index (χ0v) is 12.4. The van der Waals surface area contributed by atoms with Crippen LogP contribution in [0, 0.1) is 0 Å². The Bertz CT molecular complexity index is 442. The number of rotatable bonds is 5. The van der Waals surface area contributed by atoms with E-state index in [4.69, 9.17) is 15.2 Å². The zero-order valence-electron chi connectivity index (χ0n) is 11.6. The van der Waals surface area contributed by atoms with Crippen molar-refractivity contribution in [2.75, 3.05) is 33.4 Å². The highest BCUT2D eigenvalue weighted by Crippen LogP contribution is 2.21. The average Bonchev–Trinajstić information content (AvgIpc) is 2.85. The molecule has 1 amide bonds. The van der Waals surface area contributed by atoms with E-state index in [1.54, 1.807) is 24.1 Å². The van der Waals surface area contributed by atoms with Gasteiger partial charge in [0.1, 0.15) is 12.4 Å². The summed E-state index contributed by atoms with van der Waals surface area (Å²) in [5.41, 5.74) is 6.43. The first kappa shape index (κ1) is 16.8. The SMILES string of the molecule is COCCOc1ccccc1C(=O)N1CC[C@@H](N)C1.Cl. The summed E-state index contributed by atoms with van der Waals surface area (Å²) in [6.45, 7) is 2.26. The highest BCUT2D eigenvalue weighted by atomic mass is 35.5. The van der Waals surface area contributed by atoms with E-state index in [1.165, 1.54) is 0 Å². The number of ether oxygens (including phenoxy) is 2. The van der Waals surface area contributed by atoms with E-state index >= 15 is 0 Å². The van der Waals surface area contributed by atoms with Gasteiger partial charge in [0, 0.05) is 26.2 Å². The number of para-hydroxylation sites is 1. The maximum atomic E-state index is 12.4. The fraction of sp³-hybridized carbons (Fsp3) is 0.500. The molecule has 0 bridgehead atoms. The Morgan fingerprint density at radius 2 is 2.15 bits per heavy atom. The lowest BCUT2D eigenvalue weighted by Crippen LogP contribution is -2.32. The van der Waals surface area contributed by atoms with Gasteiger partial charge in [0.05, 0.1) is 12.2 Å². The van der Waals surface area contributed by atoms with Crippen LogP contribution in [0.15, 0.2) is 24.3 Å². The summed E-state index contributed by atoms with van der Waals surface area (Å²) in [7, 11) is 1.62. The number of likely N-dealkylation sites (tertiary alicyclic amines) is 1. The normalized spacial score (nSPS) is 17.7. The molecule has 1 atom stereocenters. The number of nitrogens with zero attached hydrogens (tertiary/aromatic N) is 1. The molecule has 0 radical (unpaired) electrons. The molecule has 0 saturated carbocycles. The van der Waals surface area contributed by atoms with Gasteiger partial charge in [-0.25, -0.2) is 0 Å². The molecule has 1 heterocycles. The van der Waals surface area contributed by atoms with Crippen molar-refractivity contribution in [1.29, 1.82) is 0 Å². The van der Waals surface area contributed by atoms with Crippen LogP contribution in [-0.4, -0.2) is 50.3 Å². The Hall–Kier alpha value is -1.30. The first-order chi connectivity index (χ1) is 9.22. The summed E-state index contributed by atoms with van der Waals surface area (Å²) in [6, 6.07) is 7.37. The summed E-state index contributed by atoms with van der Waals surface area (Å²) < 4.78 is 10.5. The third-order valence-electron chi connectivity index (χ3n) is 3.17. The Balaban J connectivity index is 0.00000200. The van der Waals surface area contributed by atoms with Crippen LogP contribution in [0.25, 0.3) is 0 Å². The number of carbonyl (C=O) groups is 1. The lowest BCUT2D eigenvalue weighted by atomic mass is 10.2. The van der Waals surface area contributed by atoms with E-state index in [-0.39, 0.29) is 24.4 Å². The fourth-order valence-electron chi connectivity index (χ4n) is 2.15. The molecule has 1 aromatic rings. The van der Waals surface area contributed by atoms with Gasteiger partial charge in [0.25, 0.3) is 5.91 Å². The van der Waals surface area contributed by atoms with Crippen LogP contribution in [0.2, 0.25) is 0 Å². The second-order valence-corrected chi connectivity index (χ2v) is 4.64. The molecule has 6 heteroatoms. The first-order valence-electron chi connectivity index (χ1n) is 6.48. The third kappa shape index (κ3) is 4.10. The Labute approximate surface area is 125 Å². The minimum Gasteiger partial charge on any atom is -0.490 e. The molecule has 0 unspecified atom stereocenters. The smallest absolute Gasteiger partial charge is 0.257 e. The van der Waals surface area contributed by atoms with Crippen LogP contribution >= 0.6 is 12.4 Å². The monoisotopic (exact) mass is 300 g/mol. The fourth-order valence-corrected chi connectivity index (χ4v) is 2.15. The molecule has 0 spiro atoms. The lowest BCUT2D eigenvalue weighted by Gasteiger charge is -2.18. The maximum Gasteiger partial charge on any atom is 0.257 e. The average molecular weight is 301 g/mol. The molecular formula is C14H21ClN2O3. The largest absolute Gasteiger partial charge is 0.490 e. The van der Waals surface area contributed by atoms with E-state index in [0.717, 1.165) is 6.42 Å². The number of methoxy groups -OCH3 is 1. The molecule has 1 saturated heterocycles. The number of carbonyl (C=O) groups excluding carboxylic acids is 1. The maximum absolute atomic E-state index is 12.4. The molecule has 2 N–H and O–H groups in total. The van der Waals surface area contributed by atoms with Crippen molar-refractivity contribution in [3.63, 3.8) is 0 Å². The van der Waals surface area contributed by atoms with Gasteiger partial charge < -0.3 is 20.1 Å². The molecule has 1 aliphatic rings. The van der Waals surface area contributed by atoms with Gasteiger partial charge in [-0.2, -0.15) is 0 Å². The van der Waals surface area contributed by atoms with Gasteiger partial charge >= 0.3 is 0 Å². The molecule has 1 aliphatic heterocycles. The predicted octanol–water partition coefficient (Wildman–Crippen LogP) is 1.31. The summed E-state index contributed by atoms with van der Waals surface area (Å²) >= 11 is 0. The van der Waals surface area contributed by atoms with Crippen molar-refractivity contribution < 1.29 is 14.3 Å². The van der Waals surface area contributed by atoms with E-state index in [1.807, 2.05) is 12.1 Å². The molecule has 2 rings (SSSR count). The number of benzene rings is 1. The molecule has 0 aliphatic carbocycles. The standard InChI is InChI=1S/C14H20N2O3.ClH/c1-18-8-9-19-13-5-3-2-4-12(13)14(17)16-7-6-11(15)10-16;/h2-5,11H,6-10,15H2,1H3;1H/t11-;/m1./s1. The van der Waals surface area contributed by atoms with Crippen LogP contribution in [-0.2, 0) is 4.74 Å². The molecular weight excluding hydrogens is 280 g/mol. The molecule has 112 valence electrons. The summed E-state index contributed by atoms with van der Waals surface area (Å²) in [6.07, 6.45) is 0.860. The van der Waals surface area contributed by atoms with Crippen LogP contribution < -0.4 is 10.5 Å². The van der Waals surface area contributed by atoms with Crippen molar-refractivity contribution in [2.45, 2.75) is 12.5 Å². The Morgan fingerprint density at radius 1 is 1.40 bits per heavy atom. The second kappa shape index (κ2) is 8.09. The highest BCUT2D eigenvalue weighted by Gasteiger charge is 2.26. The number of amides is 1. The Morgan fingerprint density at radius 3 is 2.80 bits per heavy atom. The van der Waals surface area contributed by atoms with E-state index < -0.39 is 0 Å². The van der Waals surface area contributed by atoms with Crippen molar-refractivity contribution >= 4 is 18.3 Å². The second-order valence-electron chi connectivity index (χ2n) is 4.64. The van der Waals surface area contributed by atoms with Gasteiger partial charge in [-0.1, -0.05) is 12.1 Å². The molecule has 20 heavy (non-hydrogen) atoms. The predicted molar refractivity (Wildman–Crippen MR) is 79.6 cm³/mol. The topological polar surface area (TPSA) is 64.8 Å². The number of nitrogens with two attached hydrogens (primary N) is 1. The van der Waals surface area contributed by atoms with Crippen molar-refractivity contribution in [1.82, 2.24) is 4.90 Å². The van der Waals surface area contributed by atoms with Gasteiger partial charge in [0.15, 0.2) is 0 Å². The van der Waals surface area contributed by atoms with Crippen molar-refractivity contribution in [3.8, 4) is 5.75 Å². The summed E-state index contributed by atoms with van der Waals surface area (Å²) in [4.78, 5) is 14.2. The minimum absolute atomic E-state index is 0. The van der Waals surface area contributed by atoms with Crippen molar-refractivity contribution in [3.05, 3.63) is 29.8 Å². The molecule has 5 nitrogen and oxygen atoms in total. The number of hydrogen-bond donors (Lipinski definition) is 1. The van der Waals surface area contributed by atoms with Crippen LogP contribution in [0.1, 0.15) is 16.8 Å². The zero-order chi connectivity index (χ0) is 13.7. The van der Waals surface area contributed by atoms with Gasteiger partial charge in [-0.15, -0.1) is 12.4 Å².